The molecule has 0 aliphatic rings. The molecule has 0 unspecified atom stereocenters. The van der Waals surface area contributed by atoms with E-state index in [1.807, 2.05) is 0 Å². The Morgan fingerprint density at radius 1 is 0.870 bits per heavy atom. The third kappa shape index (κ3) is 4.49. The van der Waals surface area contributed by atoms with E-state index in [0.717, 1.165) is 24.3 Å². The molecule has 0 amide bonds. The molecule has 0 bridgehead atoms. The van der Waals surface area contributed by atoms with Crippen LogP contribution in [0.25, 0.3) is 0 Å². The highest BCUT2D eigenvalue weighted by atomic mass is 32.2. The molecule has 0 aliphatic heterocycles. The molecule has 0 aromatic heterocycles. The molecule has 0 aliphatic carbocycles. The van der Waals surface area contributed by atoms with Gasteiger partial charge in [-0.05, 0) is 29.8 Å². The van der Waals surface area contributed by atoms with E-state index in [9.17, 15) is 25.6 Å². The fourth-order valence-electron chi connectivity index (χ4n) is 1.82. The Morgan fingerprint density at radius 2 is 1.43 bits per heavy atom. The maximum Gasteiger partial charge on any atom is 0.341 e. The molecule has 2 rings (SSSR count). The lowest BCUT2D eigenvalue weighted by Gasteiger charge is -2.09. The number of sulfonamides is 1. The number of hydrogen-bond donors (Lipinski definition) is 1. The van der Waals surface area contributed by atoms with Crippen LogP contribution in [0.4, 0.5) is 14.5 Å². The summed E-state index contributed by atoms with van der Waals surface area (Å²) in [6.45, 7) is 0. The monoisotopic (exact) mass is 361 g/mol. The second-order valence-corrected chi connectivity index (χ2v) is 8.32. The molecule has 2 aromatic rings. The molecule has 0 fully saturated rings. The second-order valence-electron chi connectivity index (χ2n) is 4.68. The topological polar surface area (TPSA) is 80.3 Å². The standard InChI is InChI=1S/C14H13F2NO4S2/c15-14(16)23(20,21)13-8-6-12(7-9-13)17-22(18,19)10-11-4-2-1-3-5-11/h1-9,14,17H,10H2. The Labute approximate surface area is 132 Å². The largest absolute Gasteiger partial charge is 0.341 e. The predicted octanol–water partition coefficient (Wildman–Crippen LogP) is 2.62. The van der Waals surface area contributed by atoms with Crippen LogP contribution in [-0.2, 0) is 25.6 Å². The van der Waals surface area contributed by atoms with Gasteiger partial charge in [-0.1, -0.05) is 30.3 Å². The molecule has 9 heteroatoms. The molecule has 2 aromatic carbocycles. The average molecular weight is 361 g/mol. The summed E-state index contributed by atoms with van der Waals surface area (Å²) in [5.74, 6) is -3.78. The van der Waals surface area contributed by atoms with Crippen LogP contribution in [0.2, 0.25) is 0 Å². The summed E-state index contributed by atoms with van der Waals surface area (Å²) in [6, 6.07) is 12.6. The van der Waals surface area contributed by atoms with Crippen LogP contribution in [0.15, 0.2) is 59.5 Å². The molecule has 124 valence electrons. The molecular weight excluding hydrogens is 348 g/mol. The Balaban J connectivity index is 2.15. The third-order valence-corrected chi connectivity index (χ3v) is 5.55. The van der Waals surface area contributed by atoms with E-state index >= 15 is 0 Å². The first-order valence-electron chi connectivity index (χ1n) is 6.37. The highest BCUT2D eigenvalue weighted by Crippen LogP contribution is 2.21. The molecule has 0 saturated heterocycles. The van der Waals surface area contributed by atoms with Gasteiger partial charge in [-0.15, -0.1) is 0 Å². The lowest BCUT2D eigenvalue weighted by atomic mass is 10.2. The first-order chi connectivity index (χ1) is 10.7. The first-order valence-corrected chi connectivity index (χ1v) is 9.57. The minimum Gasteiger partial charge on any atom is -0.283 e. The number of hydrogen-bond acceptors (Lipinski definition) is 4. The van der Waals surface area contributed by atoms with Crippen LogP contribution in [-0.4, -0.2) is 22.6 Å². The summed E-state index contributed by atoms with van der Waals surface area (Å²) >= 11 is 0. The number of halogens is 2. The molecule has 0 heterocycles. The van der Waals surface area contributed by atoms with Gasteiger partial charge in [-0.3, -0.25) is 4.72 Å². The second kappa shape index (κ2) is 6.63. The maximum absolute atomic E-state index is 12.4. The van der Waals surface area contributed by atoms with Crippen molar-refractivity contribution >= 4 is 25.5 Å². The van der Waals surface area contributed by atoms with Crippen LogP contribution < -0.4 is 4.72 Å². The van der Waals surface area contributed by atoms with E-state index in [-0.39, 0.29) is 11.4 Å². The average Bonchev–Trinajstić information content (AvgIpc) is 2.47. The highest BCUT2D eigenvalue weighted by Gasteiger charge is 2.26. The van der Waals surface area contributed by atoms with Gasteiger partial charge in [0.05, 0.1) is 10.6 Å². The van der Waals surface area contributed by atoms with Crippen molar-refractivity contribution in [3.63, 3.8) is 0 Å². The number of alkyl halides is 2. The number of nitrogens with one attached hydrogen (secondary N) is 1. The fourth-order valence-corrected chi connectivity index (χ4v) is 3.74. The number of rotatable bonds is 6. The summed E-state index contributed by atoms with van der Waals surface area (Å²) in [4.78, 5) is -0.571. The van der Waals surface area contributed by atoms with Crippen LogP contribution in [0.5, 0.6) is 0 Å². The third-order valence-electron chi connectivity index (χ3n) is 2.89. The molecule has 1 N–H and O–H groups in total. The molecule has 0 radical (unpaired) electrons. The molecule has 0 saturated carbocycles. The summed E-state index contributed by atoms with van der Waals surface area (Å²) in [6.07, 6.45) is 0. The zero-order valence-electron chi connectivity index (χ0n) is 11.7. The van der Waals surface area contributed by atoms with Crippen molar-refractivity contribution in [3.05, 3.63) is 60.2 Å². The van der Waals surface area contributed by atoms with Crippen molar-refractivity contribution in [3.8, 4) is 0 Å². The number of benzene rings is 2. The van der Waals surface area contributed by atoms with Crippen LogP contribution >= 0.6 is 0 Å². The zero-order valence-corrected chi connectivity index (χ0v) is 13.3. The fraction of sp³-hybridized carbons (Fsp3) is 0.143. The van der Waals surface area contributed by atoms with Gasteiger partial charge in [0.15, 0.2) is 0 Å². The number of anilines is 1. The summed E-state index contributed by atoms with van der Waals surface area (Å²) in [5.41, 5.74) is 0.672. The molecular formula is C14H13F2NO4S2. The SMILES string of the molecule is O=S(=O)(Cc1ccccc1)Nc1ccc(S(=O)(=O)C(F)F)cc1. The minimum absolute atomic E-state index is 0.0918. The zero-order chi connectivity index (χ0) is 17.1. The van der Waals surface area contributed by atoms with Gasteiger partial charge in [0.25, 0.3) is 0 Å². The van der Waals surface area contributed by atoms with E-state index in [1.54, 1.807) is 30.3 Å². The lowest BCUT2D eigenvalue weighted by molar-refractivity contribution is 0.234. The first kappa shape index (κ1) is 17.4. The van der Waals surface area contributed by atoms with Crippen molar-refractivity contribution in [2.24, 2.45) is 0 Å². The quantitative estimate of drug-likeness (QED) is 0.858. The summed E-state index contributed by atoms with van der Waals surface area (Å²) < 4.78 is 73.7. The Hall–Kier alpha value is -2.00. The van der Waals surface area contributed by atoms with Gasteiger partial charge in [0.1, 0.15) is 0 Å². The van der Waals surface area contributed by atoms with Gasteiger partial charge in [-0.25, -0.2) is 16.8 Å². The van der Waals surface area contributed by atoms with E-state index in [1.165, 1.54) is 0 Å². The van der Waals surface area contributed by atoms with Crippen LogP contribution in [0.1, 0.15) is 5.56 Å². The Morgan fingerprint density at radius 3 is 1.96 bits per heavy atom. The highest BCUT2D eigenvalue weighted by molar-refractivity contribution is 7.92. The minimum atomic E-state index is -4.70. The summed E-state index contributed by atoms with van der Waals surface area (Å²) in [7, 11) is -8.40. The predicted molar refractivity (Wildman–Crippen MR) is 82.3 cm³/mol. The van der Waals surface area contributed by atoms with Gasteiger partial charge in [0, 0.05) is 5.69 Å². The van der Waals surface area contributed by atoms with Crippen molar-refractivity contribution in [1.29, 1.82) is 0 Å². The van der Waals surface area contributed by atoms with Gasteiger partial charge < -0.3 is 0 Å². The van der Waals surface area contributed by atoms with Crippen molar-refractivity contribution in [2.75, 3.05) is 4.72 Å². The van der Waals surface area contributed by atoms with E-state index in [0.29, 0.717) is 5.56 Å². The maximum atomic E-state index is 12.4. The van der Waals surface area contributed by atoms with Gasteiger partial charge >= 0.3 is 5.76 Å². The van der Waals surface area contributed by atoms with E-state index < -0.39 is 30.5 Å². The lowest BCUT2D eigenvalue weighted by Crippen LogP contribution is -2.15. The summed E-state index contributed by atoms with van der Waals surface area (Å²) in [5, 5.41) is 0. The number of sulfone groups is 1. The van der Waals surface area contributed by atoms with Crippen LogP contribution in [0.3, 0.4) is 0 Å². The van der Waals surface area contributed by atoms with E-state index in [2.05, 4.69) is 4.72 Å². The molecule has 0 spiro atoms. The van der Waals surface area contributed by atoms with Crippen LogP contribution in [0, 0.1) is 0 Å². The molecule has 0 atom stereocenters. The van der Waals surface area contributed by atoms with E-state index in [4.69, 9.17) is 0 Å². The normalized spacial score (nSPS) is 12.3. The molecule has 23 heavy (non-hydrogen) atoms. The van der Waals surface area contributed by atoms with Crippen molar-refractivity contribution < 1.29 is 25.6 Å². The van der Waals surface area contributed by atoms with Gasteiger partial charge in [-0.2, -0.15) is 8.78 Å². The Kier molecular flexibility index (Phi) is 5.00. The van der Waals surface area contributed by atoms with Crippen molar-refractivity contribution in [1.82, 2.24) is 0 Å². The van der Waals surface area contributed by atoms with Gasteiger partial charge in [0.2, 0.25) is 19.9 Å². The Bertz CT molecular complexity index is 865. The smallest absolute Gasteiger partial charge is 0.283 e. The van der Waals surface area contributed by atoms with Crippen molar-refractivity contribution in [2.45, 2.75) is 16.4 Å². The molecule has 5 nitrogen and oxygen atoms in total.